The Kier molecular flexibility index (Phi) is 13.4. The highest BCUT2D eigenvalue weighted by Gasteiger charge is 2.00. The third-order valence-corrected chi connectivity index (χ3v) is 2.99. The summed E-state index contributed by atoms with van der Waals surface area (Å²) in [5.41, 5.74) is 0. The Morgan fingerprint density at radius 2 is 1.65 bits per heavy atom. The minimum Gasteiger partial charge on any atom is -0.381 e. The molecule has 1 unspecified atom stereocenters. The second-order valence-electron chi connectivity index (χ2n) is 4.53. The molecule has 0 N–H and O–H groups in total. The van der Waals surface area contributed by atoms with Crippen LogP contribution < -0.4 is 0 Å². The van der Waals surface area contributed by atoms with E-state index in [0.717, 1.165) is 19.6 Å². The maximum Gasteiger partial charge on any atom is 0.0749 e. The van der Waals surface area contributed by atoms with Crippen LogP contribution in [0.4, 0.5) is 0 Å². The van der Waals surface area contributed by atoms with E-state index in [1.165, 1.54) is 44.9 Å². The standard InChI is InChI=1S/C15H30O2/c1-4-6-7-10-13-17-14-11-8-9-12-15(5-2)16-3/h5,15H,2,4,6-14H2,1,3H3. The molecular weight excluding hydrogens is 212 g/mol. The van der Waals surface area contributed by atoms with Gasteiger partial charge < -0.3 is 9.47 Å². The van der Waals surface area contributed by atoms with Crippen molar-refractivity contribution < 1.29 is 9.47 Å². The summed E-state index contributed by atoms with van der Waals surface area (Å²) in [5.74, 6) is 0. The first-order chi connectivity index (χ1) is 8.35. The van der Waals surface area contributed by atoms with E-state index in [1.807, 2.05) is 6.08 Å². The van der Waals surface area contributed by atoms with E-state index >= 15 is 0 Å². The SMILES string of the molecule is C=CC(CCCCCOCCCCCC)OC. The Hall–Kier alpha value is -0.340. The number of ether oxygens (including phenoxy) is 2. The quantitative estimate of drug-likeness (QED) is 0.353. The van der Waals surface area contributed by atoms with Crippen LogP contribution in [0.25, 0.3) is 0 Å². The van der Waals surface area contributed by atoms with Crippen molar-refractivity contribution in [3.8, 4) is 0 Å². The lowest BCUT2D eigenvalue weighted by Gasteiger charge is -2.09. The van der Waals surface area contributed by atoms with Crippen LogP contribution in [-0.2, 0) is 9.47 Å². The van der Waals surface area contributed by atoms with Gasteiger partial charge in [-0.05, 0) is 19.3 Å². The van der Waals surface area contributed by atoms with Crippen molar-refractivity contribution in [1.29, 1.82) is 0 Å². The van der Waals surface area contributed by atoms with Crippen LogP contribution >= 0.6 is 0 Å². The molecule has 0 heterocycles. The summed E-state index contributed by atoms with van der Waals surface area (Å²) in [6.45, 7) is 7.83. The van der Waals surface area contributed by atoms with Crippen molar-refractivity contribution in [2.45, 2.75) is 64.4 Å². The zero-order chi connectivity index (χ0) is 12.8. The van der Waals surface area contributed by atoms with Gasteiger partial charge in [-0.2, -0.15) is 0 Å². The molecule has 1 atom stereocenters. The molecule has 0 saturated heterocycles. The van der Waals surface area contributed by atoms with Gasteiger partial charge in [-0.1, -0.05) is 45.1 Å². The Balaban J connectivity index is 3.05. The normalized spacial score (nSPS) is 12.6. The molecule has 0 aliphatic heterocycles. The third kappa shape index (κ3) is 11.9. The van der Waals surface area contributed by atoms with Crippen LogP contribution in [0.3, 0.4) is 0 Å². The van der Waals surface area contributed by atoms with Gasteiger partial charge in [0.25, 0.3) is 0 Å². The van der Waals surface area contributed by atoms with E-state index in [0.29, 0.717) is 0 Å². The van der Waals surface area contributed by atoms with E-state index in [4.69, 9.17) is 9.47 Å². The molecule has 2 nitrogen and oxygen atoms in total. The van der Waals surface area contributed by atoms with E-state index in [2.05, 4.69) is 13.5 Å². The van der Waals surface area contributed by atoms with Crippen molar-refractivity contribution in [1.82, 2.24) is 0 Å². The van der Waals surface area contributed by atoms with Crippen molar-refractivity contribution >= 4 is 0 Å². The fraction of sp³-hybridized carbons (Fsp3) is 0.867. The summed E-state index contributed by atoms with van der Waals surface area (Å²) in [5, 5.41) is 0. The molecule has 17 heavy (non-hydrogen) atoms. The van der Waals surface area contributed by atoms with E-state index in [1.54, 1.807) is 7.11 Å². The molecule has 0 radical (unpaired) electrons. The van der Waals surface area contributed by atoms with Crippen LogP contribution in [0, 0.1) is 0 Å². The fourth-order valence-corrected chi connectivity index (χ4v) is 1.79. The third-order valence-electron chi connectivity index (χ3n) is 2.99. The highest BCUT2D eigenvalue weighted by Crippen LogP contribution is 2.07. The number of methoxy groups -OCH3 is 1. The largest absolute Gasteiger partial charge is 0.381 e. The highest BCUT2D eigenvalue weighted by molar-refractivity contribution is 4.78. The van der Waals surface area contributed by atoms with Crippen molar-refractivity contribution in [2.24, 2.45) is 0 Å². The Labute approximate surface area is 107 Å². The van der Waals surface area contributed by atoms with E-state index in [-0.39, 0.29) is 6.10 Å². The molecule has 0 aliphatic carbocycles. The minimum absolute atomic E-state index is 0.227. The Bertz CT molecular complexity index is 157. The Morgan fingerprint density at radius 1 is 1.00 bits per heavy atom. The molecule has 0 amide bonds. The average molecular weight is 242 g/mol. The first-order valence-corrected chi connectivity index (χ1v) is 7.08. The zero-order valence-electron chi connectivity index (χ0n) is 11.7. The van der Waals surface area contributed by atoms with E-state index < -0.39 is 0 Å². The molecule has 0 aromatic carbocycles. The lowest BCUT2D eigenvalue weighted by molar-refractivity contribution is 0.118. The van der Waals surface area contributed by atoms with Gasteiger partial charge in [0.1, 0.15) is 0 Å². The van der Waals surface area contributed by atoms with Gasteiger partial charge >= 0.3 is 0 Å². The molecule has 0 rings (SSSR count). The van der Waals surface area contributed by atoms with Gasteiger partial charge in [-0.3, -0.25) is 0 Å². The first-order valence-electron chi connectivity index (χ1n) is 7.08. The Morgan fingerprint density at radius 3 is 2.18 bits per heavy atom. The lowest BCUT2D eigenvalue weighted by atomic mass is 10.1. The molecule has 0 bridgehead atoms. The molecule has 2 heteroatoms. The number of hydrogen-bond donors (Lipinski definition) is 0. The van der Waals surface area contributed by atoms with Gasteiger partial charge in [-0.25, -0.2) is 0 Å². The van der Waals surface area contributed by atoms with Gasteiger partial charge in [0.15, 0.2) is 0 Å². The number of unbranched alkanes of at least 4 members (excludes halogenated alkanes) is 5. The first kappa shape index (κ1) is 16.7. The van der Waals surface area contributed by atoms with Gasteiger partial charge in [0.05, 0.1) is 6.10 Å². The van der Waals surface area contributed by atoms with Crippen molar-refractivity contribution in [3.63, 3.8) is 0 Å². The van der Waals surface area contributed by atoms with Gasteiger partial charge in [0, 0.05) is 20.3 Å². The molecule has 0 saturated carbocycles. The second kappa shape index (κ2) is 13.7. The molecular formula is C15H30O2. The summed E-state index contributed by atoms with van der Waals surface area (Å²) in [4.78, 5) is 0. The minimum atomic E-state index is 0.227. The van der Waals surface area contributed by atoms with E-state index in [9.17, 15) is 0 Å². The molecule has 102 valence electrons. The highest BCUT2D eigenvalue weighted by atomic mass is 16.5. The maximum atomic E-state index is 5.59. The van der Waals surface area contributed by atoms with Crippen molar-refractivity contribution in [2.75, 3.05) is 20.3 Å². The zero-order valence-corrected chi connectivity index (χ0v) is 11.7. The molecule has 0 aliphatic rings. The smallest absolute Gasteiger partial charge is 0.0749 e. The van der Waals surface area contributed by atoms with Crippen LogP contribution in [-0.4, -0.2) is 26.4 Å². The average Bonchev–Trinajstić information content (AvgIpc) is 2.36. The molecule has 0 aromatic rings. The number of hydrogen-bond acceptors (Lipinski definition) is 2. The molecule has 0 spiro atoms. The number of rotatable bonds is 13. The fourth-order valence-electron chi connectivity index (χ4n) is 1.79. The lowest BCUT2D eigenvalue weighted by Crippen LogP contribution is -2.06. The van der Waals surface area contributed by atoms with Gasteiger partial charge in [-0.15, -0.1) is 6.58 Å². The predicted octanol–water partition coefficient (Wildman–Crippen LogP) is 4.34. The van der Waals surface area contributed by atoms with Crippen molar-refractivity contribution in [3.05, 3.63) is 12.7 Å². The summed E-state index contributed by atoms with van der Waals surface area (Å²) < 4.78 is 10.8. The summed E-state index contributed by atoms with van der Waals surface area (Å²) in [6, 6.07) is 0. The van der Waals surface area contributed by atoms with Crippen LogP contribution in [0.1, 0.15) is 58.3 Å². The maximum absolute atomic E-state index is 5.59. The summed E-state index contributed by atoms with van der Waals surface area (Å²) in [7, 11) is 1.74. The molecule has 0 fully saturated rings. The summed E-state index contributed by atoms with van der Waals surface area (Å²) in [6.07, 6.45) is 11.9. The van der Waals surface area contributed by atoms with Crippen LogP contribution in [0.5, 0.6) is 0 Å². The molecule has 0 aromatic heterocycles. The monoisotopic (exact) mass is 242 g/mol. The summed E-state index contributed by atoms with van der Waals surface area (Å²) >= 11 is 0. The van der Waals surface area contributed by atoms with Crippen LogP contribution in [0.2, 0.25) is 0 Å². The van der Waals surface area contributed by atoms with Gasteiger partial charge in [0.2, 0.25) is 0 Å². The predicted molar refractivity (Wildman–Crippen MR) is 74.4 cm³/mol. The van der Waals surface area contributed by atoms with Crippen LogP contribution in [0.15, 0.2) is 12.7 Å². The second-order valence-corrected chi connectivity index (χ2v) is 4.53. The topological polar surface area (TPSA) is 18.5 Å².